The van der Waals surface area contributed by atoms with Crippen LogP contribution in [0.25, 0.3) is 11.3 Å². The number of benzene rings is 1. The number of nitrogens with zero attached hydrogens (tertiary/aromatic N) is 1. The fraction of sp³-hybridized carbons (Fsp3) is 0.188. The minimum atomic E-state index is -0.448. The monoisotopic (exact) mass is 487 g/mol. The molecule has 0 bridgehead atoms. The summed E-state index contributed by atoms with van der Waals surface area (Å²) in [6.45, 7) is 6.10. The molecule has 2 rings (SSSR count). The van der Waals surface area contributed by atoms with Crippen LogP contribution in [-0.2, 0) is 39.3 Å². The van der Waals surface area contributed by atoms with Crippen molar-refractivity contribution in [3.63, 3.8) is 0 Å². The van der Waals surface area contributed by atoms with E-state index < -0.39 is 5.82 Å². The Morgan fingerprint density at radius 1 is 1.50 bits per heavy atom. The summed E-state index contributed by atoms with van der Waals surface area (Å²) in [5.74, 6) is -0.0791. The SMILES string of the molecule is C=CCOc1cccc(F)c1-c1[c-]cc(I)c(=O)n1CC.[Y]. The van der Waals surface area contributed by atoms with E-state index in [2.05, 4.69) is 12.6 Å². The zero-order chi connectivity index (χ0) is 15.4. The predicted octanol–water partition coefficient (Wildman–Crippen LogP) is 3.64. The number of hydrogen-bond acceptors (Lipinski definition) is 2. The first-order chi connectivity index (χ1) is 10.1. The van der Waals surface area contributed by atoms with Gasteiger partial charge in [-0.3, -0.25) is 4.79 Å². The van der Waals surface area contributed by atoms with Crippen LogP contribution in [0.3, 0.4) is 0 Å². The molecule has 113 valence electrons. The third-order valence-electron chi connectivity index (χ3n) is 2.94. The van der Waals surface area contributed by atoms with Crippen LogP contribution in [0.5, 0.6) is 5.75 Å². The maximum absolute atomic E-state index is 14.3. The van der Waals surface area contributed by atoms with E-state index in [9.17, 15) is 9.18 Å². The first-order valence-corrected chi connectivity index (χ1v) is 7.51. The number of halogens is 2. The molecule has 0 aliphatic carbocycles. The van der Waals surface area contributed by atoms with Crippen molar-refractivity contribution < 1.29 is 41.8 Å². The minimum Gasteiger partial charge on any atom is -0.502 e. The van der Waals surface area contributed by atoms with Crippen molar-refractivity contribution in [2.75, 3.05) is 6.61 Å². The van der Waals surface area contributed by atoms with Gasteiger partial charge in [-0.25, -0.2) is 4.39 Å². The molecule has 0 atom stereocenters. The fourth-order valence-electron chi connectivity index (χ4n) is 2.01. The quantitative estimate of drug-likeness (QED) is 0.367. The molecule has 2 aromatic rings. The van der Waals surface area contributed by atoms with Crippen LogP contribution < -0.4 is 10.3 Å². The summed E-state index contributed by atoms with van der Waals surface area (Å²) in [6, 6.07) is 9.12. The van der Waals surface area contributed by atoms with E-state index >= 15 is 0 Å². The van der Waals surface area contributed by atoms with E-state index in [-0.39, 0.29) is 50.4 Å². The van der Waals surface area contributed by atoms with Crippen LogP contribution in [0.15, 0.2) is 41.7 Å². The Morgan fingerprint density at radius 3 is 2.86 bits per heavy atom. The molecule has 1 radical (unpaired) electrons. The van der Waals surface area contributed by atoms with Gasteiger partial charge in [0.2, 0.25) is 5.56 Å². The van der Waals surface area contributed by atoms with E-state index in [1.807, 2.05) is 29.5 Å². The fourth-order valence-corrected chi connectivity index (χ4v) is 2.46. The maximum Gasteiger partial charge on any atom is 0.207 e. The topological polar surface area (TPSA) is 31.2 Å². The van der Waals surface area contributed by atoms with Crippen molar-refractivity contribution in [1.29, 1.82) is 0 Å². The van der Waals surface area contributed by atoms with Crippen molar-refractivity contribution in [3.05, 3.63) is 62.7 Å². The van der Waals surface area contributed by atoms with Crippen LogP contribution in [0.2, 0.25) is 0 Å². The van der Waals surface area contributed by atoms with Gasteiger partial charge in [0.15, 0.2) is 0 Å². The molecule has 22 heavy (non-hydrogen) atoms. The Balaban J connectivity index is 0.00000242. The zero-order valence-corrected chi connectivity index (χ0v) is 17.1. The summed E-state index contributed by atoms with van der Waals surface area (Å²) >= 11 is 1.95. The number of pyridine rings is 1. The van der Waals surface area contributed by atoms with Gasteiger partial charge in [0.1, 0.15) is 6.61 Å². The molecule has 6 heteroatoms. The number of ether oxygens (including phenoxy) is 1. The summed E-state index contributed by atoms with van der Waals surface area (Å²) in [6.07, 6.45) is 1.58. The second-order valence-electron chi connectivity index (χ2n) is 4.25. The molecule has 1 aromatic heterocycles. The third kappa shape index (κ3) is 4.06. The first-order valence-electron chi connectivity index (χ1n) is 6.43. The third-order valence-corrected chi connectivity index (χ3v) is 3.71. The molecule has 0 saturated carbocycles. The van der Waals surface area contributed by atoms with Gasteiger partial charge in [0, 0.05) is 39.3 Å². The van der Waals surface area contributed by atoms with Gasteiger partial charge in [-0.2, -0.15) is 12.1 Å². The van der Waals surface area contributed by atoms with Crippen molar-refractivity contribution >= 4 is 22.6 Å². The molecule has 0 N–H and O–H groups in total. The molecule has 0 aliphatic rings. The van der Waals surface area contributed by atoms with Gasteiger partial charge in [-0.05, 0) is 28.2 Å². The minimum absolute atomic E-state index is 0. The van der Waals surface area contributed by atoms with Gasteiger partial charge >= 0.3 is 0 Å². The van der Waals surface area contributed by atoms with Gasteiger partial charge in [-0.15, -0.1) is 22.6 Å². The summed E-state index contributed by atoms with van der Waals surface area (Å²) in [7, 11) is 0. The van der Waals surface area contributed by atoms with Gasteiger partial charge in [0.05, 0.1) is 11.6 Å². The maximum atomic E-state index is 14.3. The Kier molecular flexibility index (Phi) is 7.93. The molecule has 3 nitrogen and oxygen atoms in total. The predicted molar refractivity (Wildman–Crippen MR) is 89.0 cm³/mol. The van der Waals surface area contributed by atoms with Crippen LogP contribution in [0.1, 0.15) is 6.92 Å². The standard InChI is InChI=1S/C16H14FINO2.Y/c1-3-10-21-14-7-5-6-11(17)15(14)13-9-8-12(18)16(20)19(13)4-2;/h3,5-8H,1,4,10H2,2H3;/q-1;. The molecule has 1 aromatic carbocycles. The van der Waals surface area contributed by atoms with Crippen molar-refractivity contribution in [1.82, 2.24) is 4.57 Å². The van der Waals surface area contributed by atoms with E-state index in [0.717, 1.165) is 0 Å². The molecule has 0 amide bonds. The van der Waals surface area contributed by atoms with Gasteiger partial charge in [-0.1, -0.05) is 24.4 Å². The largest absolute Gasteiger partial charge is 0.502 e. The van der Waals surface area contributed by atoms with Crippen LogP contribution in [0.4, 0.5) is 4.39 Å². The normalized spacial score (nSPS) is 9.95. The Labute approximate surface area is 167 Å². The van der Waals surface area contributed by atoms with Gasteiger partial charge < -0.3 is 9.30 Å². The molecular weight excluding hydrogens is 473 g/mol. The van der Waals surface area contributed by atoms with Crippen molar-refractivity contribution in [3.8, 4) is 17.0 Å². The van der Waals surface area contributed by atoms with Crippen LogP contribution in [-0.4, -0.2) is 11.2 Å². The van der Waals surface area contributed by atoms with Crippen molar-refractivity contribution in [2.45, 2.75) is 13.5 Å². The second kappa shape index (κ2) is 8.94. The summed E-state index contributed by atoms with van der Waals surface area (Å²) in [4.78, 5) is 12.2. The molecule has 0 saturated heterocycles. The van der Waals surface area contributed by atoms with Crippen molar-refractivity contribution in [2.24, 2.45) is 0 Å². The van der Waals surface area contributed by atoms with E-state index in [1.165, 1.54) is 10.6 Å². The Bertz CT molecular complexity index is 731. The Hall–Kier alpha value is -0.526. The molecule has 0 unspecified atom stereocenters. The van der Waals surface area contributed by atoms with Crippen LogP contribution >= 0.6 is 22.6 Å². The average molecular weight is 487 g/mol. The first kappa shape index (κ1) is 19.5. The molecule has 0 fully saturated rings. The summed E-state index contributed by atoms with van der Waals surface area (Å²) in [5.41, 5.74) is 0.472. The van der Waals surface area contributed by atoms with E-state index in [1.54, 1.807) is 24.3 Å². The number of aromatic nitrogens is 1. The van der Waals surface area contributed by atoms with E-state index in [0.29, 0.717) is 21.6 Å². The molecule has 1 heterocycles. The molecule has 0 spiro atoms. The number of hydrogen-bond donors (Lipinski definition) is 0. The number of rotatable bonds is 5. The summed E-state index contributed by atoms with van der Waals surface area (Å²) < 4.78 is 21.8. The molecular formula is C16H14FINO2Y-. The summed E-state index contributed by atoms with van der Waals surface area (Å²) in [5, 5.41) is 0. The van der Waals surface area contributed by atoms with Gasteiger partial charge in [0.25, 0.3) is 0 Å². The second-order valence-corrected chi connectivity index (χ2v) is 5.41. The smallest absolute Gasteiger partial charge is 0.207 e. The molecule has 0 aliphatic heterocycles. The zero-order valence-electron chi connectivity index (χ0n) is 12.1. The average Bonchev–Trinajstić information content (AvgIpc) is 2.48. The Morgan fingerprint density at radius 2 is 2.23 bits per heavy atom. The van der Waals surface area contributed by atoms with E-state index in [4.69, 9.17) is 4.74 Å². The van der Waals surface area contributed by atoms with Crippen LogP contribution in [0, 0.1) is 15.5 Å².